The molecule has 1 amide bonds. The Bertz CT molecular complexity index is 732. The van der Waals surface area contributed by atoms with Gasteiger partial charge in [0.05, 0.1) is 15.5 Å². The molecule has 1 N–H and O–H groups in total. The molecule has 0 saturated carbocycles. The van der Waals surface area contributed by atoms with E-state index in [0.29, 0.717) is 21.8 Å². The minimum absolute atomic E-state index is 0.0416. The second kappa shape index (κ2) is 6.11. The largest absolute Gasteiger partial charge is 0.322 e. The van der Waals surface area contributed by atoms with Crippen molar-refractivity contribution < 1.29 is 9.72 Å². The Labute approximate surface area is 130 Å². The van der Waals surface area contributed by atoms with Gasteiger partial charge in [-0.15, -0.1) is 0 Å². The average Bonchev–Trinajstić information content (AvgIpc) is 2.42. The Morgan fingerprint density at radius 3 is 2.48 bits per heavy atom. The molecule has 0 aliphatic carbocycles. The molecule has 0 aromatic heterocycles. The summed E-state index contributed by atoms with van der Waals surface area (Å²) < 4.78 is 0. The molecule has 5 nitrogen and oxygen atoms in total. The lowest BCUT2D eigenvalue weighted by atomic mass is 10.1. The molecule has 2 aromatic rings. The highest BCUT2D eigenvalue weighted by Crippen LogP contribution is 2.31. The summed E-state index contributed by atoms with van der Waals surface area (Å²) in [5.41, 5.74) is 1.04. The Kier molecular flexibility index (Phi) is 4.45. The summed E-state index contributed by atoms with van der Waals surface area (Å²) in [5, 5.41) is 13.7. The SMILES string of the molecule is Cc1cc([N+](=O)[O-])c(Cl)cc1NC(=O)c1ccccc1Cl. The molecule has 2 aromatic carbocycles. The van der Waals surface area contributed by atoms with Gasteiger partial charge in [0, 0.05) is 11.8 Å². The zero-order valence-corrected chi connectivity index (χ0v) is 12.4. The Balaban J connectivity index is 2.32. The van der Waals surface area contributed by atoms with E-state index in [9.17, 15) is 14.9 Å². The number of carbonyl (C=O) groups is 1. The van der Waals surface area contributed by atoms with Gasteiger partial charge in [-0.2, -0.15) is 0 Å². The van der Waals surface area contributed by atoms with Crippen LogP contribution in [0.4, 0.5) is 11.4 Å². The molecule has 2 rings (SSSR count). The minimum atomic E-state index is -0.574. The van der Waals surface area contributed by atoms with Gasteiger partial charge in [0.2, 0.25) is 0 Å². The summed E-state index contributed by atoms with van der Waals surface area (Å²) in [6.45, 7) is 1.64. The van der Waals surface area contributed by atoms with Gasteiger partial charge >= 0.3 is 0 Å². The molecule has 7 heteroatoms. The van der Waals surface area contributed by atoms with Crippen LogP contribution in [0.3, 0.4) is 0 Å². The first-order chi connectivity index (χ1) is 9.90. The van der Waals surface area contributed by atoms with Gasteiger partial charge < -0.3 is 5.32 Å². The molecule has 108 valence electrons. The van der Waals surface area contributed by atoms with E-state index in [0.717, 1.165) is 0 Å². The van der Waals surface area contributed by atoms with Crippen LogP contribution < -0.4 is 5.32 Å². The van der Waals surface area contributed by atoms with Crippen molar-refractivity contribution in [3.63, 3.8) is 0 Å². The van der Waals surface area contributed by atoms with Gasteiger partial charge in [-0.1, -0.05) is 35.3 Å². The highest BCUT2D eigenvalue weighted by Gasteiger charge is 2.17. The molecule has 0 spiro atoms. The van der Waals surface area contributed by atoms with Gasteiger partial charge in [-0.25, -0.2) is 0 Å². The highest BCUT2D eigenvalue weighted by atomic mass is 35.5. The summed E-state index contributed by atoms with van der Waals surface area (Å²) in [7, 11) is 0. The first kappa shape index (κ1) is 15.3. The topological polar surface area (TPSA) is 72.2 Å². The fourth-order valence-electron chi connectivity index (χ4n) is 1.78. The van der Waals surface area contributed by atoms with Gasteiger partial charge in [0.15, 0.2) is 0 Å². The zero-order chi connectivity index (χ0) is 15.6. The van der Waals surface area contributed by atoms with E-state index in [2.05, 4.69) is 5.32 Å². The minimum Gasteiger partial charge on any atom is -0.322 e. The molecular weight excluding hydrogens is 315 g/mol. The van der Waals surface area contributed by atoms with Crippen LogP contribution in [0.15, 0.2) is 36.4 Å². The van der Waals surface area contributed by atoms with E-state index >= 15 is 0 Å². The van der Waals surface area contributed by atoms with Crippen molar-refractivity contribution in [2.24, 2.45) is 0 Å². The maximum Gasteiger partial charge on any atom is 0.288 e. The van der Waals surface area contributed by atoms with Crippen LogP contribution in [0, 0.1) is 17.0 Å². The molecule has 0 unspecified atom stereocenters. The van der Waals surface area contributed by atoms with Gasteiger partial charge in [-0.05, 0) is 30.7 Å². The Morgan fingerprint density at radius 1 is 1.19 bits per heavy atom. The van der Waals surface area contributed by atoms with Crippen molar-refractivity contribution >= 4 is 40.5 Å². The number of nitrogens with zero attached hydrogens (tertiary/aromatic N) is 1. The van der Waals surface area contributed by atoms with E-state index in [4.69, 9.17) is 23.2 Å². The number of anilines is 1. The van der Waals surface area contributed by atoms with E-state index in [-0.39, 0.29) is 10.7 Å². The lowest BCUT2D eigenvalue weighted by molar-refractivity contribution is -0.384. The number of rotatable bonds is 3. The molecule has 0 radical (unpaired) electrons. The number of hydrogen-bond acceptors (Lipinski definition) is 3. The zero-order valence-electron chi connectivity index (χ0n) is 10.9. The summed E-state index contributed by atoms with van der Waals surface area (Å²) >= 11 is 11.8. The maximum absolute atomic E-state index is 12.1. The Hall–Kier alpha value is -2.11. The van der Waals surface area contributed by atoms with Crippen LogP contribution in [-0.2, 0) is 0 Å². The fourth-order valence-corrected chi connectivity index (χ4v) is 2.23. The monoisotopic (exact) mass is 324 g/mol. The molecule has 0 fully saturated rings. The lowest BCUT2D eigenvalue weighted by Crippen LogP contribution is -2.13. The number of hydrogen-bond donors (Lipinski definition) is 1. The van der Waals surface area contributed by atoms with Crippen molar-refractivity contribution in [1.82, 2.24) is 0 Å². The van der Waals surface area contributed by atoms with Crippen LogP contribution in [0.25, 0.3) is 0 Å². The highest BCUT2D eigenvalue weighted by molar-refractivity contribution is 6.34. The second-order valence-electron chi connectivity index (χ2n) is 4.31. The second-order valence-corrected chi connectivity index (χ2v) is 5.12. The average molecular weight is 325 g/mol. The molecule has 21 heavy (non-hydrogen) atoms. The number of aryl methyl sites for hydroxylation is 1. The van der Waals surface area contributed by atoms with Crippen LogP contribution in [-0.4, -0.2) is 10.8 Å². The molecule has 0 atom stereocenters. The third-order valence-electron chi connectivity index (χ3n) is 2.86. The standard InChI is InChI=1S/C14H10Cl2N2O3/c1-8-6-13(18(20)21)11(16)7-12(8)17-14(19)9-4-2-3-5-10(9)15/h2-7H,1H3,(H,17,19). The fraction of sp³-hybridized carbons (Fsp3) is 0.0714. The Morgan fingerprint density at radius 2 is 1.86 bits per heavy atom. The molecule has 0 aliphatic rings. The summed E-state index contributed by atoms with van der Waals surface area (Å²) in [4.78, 5) is 22.4. The number of amides is 1. The number of nitrogens with one attached hydrogen (secondary N) is 1. The molecule has 0 bridgehead atoms. The summed E-state index contributed by atoms with van der Waals surface area (Å²) in [6.07, 6.45) is 0. The first-order valence-corrected chi connectivity index (χ1v) is 6.66. The predicted octanol–water partition coefficient (Wildman–Crippen LogP) is 4.46. The van der Waals surface area contributed by atoms with Crippen LogP contribution in [0.5, 0.6) is 0 Å². The number of halogens is 2. The molecule has 0 saturated heterocycles. The molecule has 0 aliphatic heterocycles. The van der Waals surface area contributed by atoms with E-state index in [1.54, 1.807) is 31.2 Å². The summed E-state index contributed by atoms with van der Waals surface area (Å²) in [5.74, 6) is -0.409. The van der Waals surface area contributed by atoms with Crippen LogP contribution in [0.1, 0.15) is 15.9 Å². The van der Waals surface area contributed by atoms with Crippen molar-refractivity contribution in [2.75, 3.05) is 5.32 Å². The third-order valence-corrected chi connectivity index (χ3v) is 3.49. The predicted molar refractivity (Wildman–Crippen MR) is 82.2 cm³/mol. The quantitative estimate of drug-likeness (QED) is 0.669. The van der Waals surface area contributed by atoms with E-state index in [1.807, 2.05) is 0 Å². The number of nitro benzene ring substituents is 1. The van der Waals surface area contributed by atoms with Gasteiger partial charge in [0.1, 0.15) is 5.02 Å². The summed E-state index contributed by atoms with van der Waals surface area (Å²) in [6, 6.07) is 9.25. The van der Waals surface area contributed by atoms with Gasteiger partial charge in [0.25, 0.3) is 11.6 Å². The van der Waals surface area contributed by atoms with E-state index in [1.165, 1.54) is 12.1 Å². The normalized spacial score (nSPS) is 10.2. The van der Waals surface area contributed by atoms with Gasteiger partial charge in [-0.3, -0.25) is 14.9 Å². The maximum atomic E-state index is 12.1. The van der Waals surface area contributed by atoms with E-state index < -0.39 is 10.8 Å². The van der Waals surface area contributed by atoms with Crippen molar-refractivity contribution in [2.45, 2.75) is 6.92 Å². The lowest BCUT2D eigenvalue weighted by Gasteiger charge is -2.10. The molecule has 0 heterocycles. The van der Waals surface area contributed by atoms with Crippen molar-refractivity contribution in [3.8, 4) is 0 Å². The van der Waals surface area contributed by atoms with Crippen LogP contribution in [0.2, 0.25) is 10.0 Å². The first-order valence-electron chi connectivity index (χ1n) is 5.90. The van der Waals surface area contributed by atoms with Crippen molar-refractivity contribution in [1.29, 1.82) is 0 Å². The third kappa shape index (κ3) is 3.32. The number of carbonyl (C=O) groups excluding carboxylic acids is 1. The van der Waals surface area contributed by atoms with Crippen LogP contribution >= 0.6 is 23.2 Å². The smallest absolute Gasteiger partial charge is 0.288 e. The number of benzene rings is 2. The molecular formula is C14H10Cl2N2O3. The number of nitro groups is 1. The van der Waals surface area contributed by atoms with Crippen molar-refractivity contribution in [3.05, 3.63) is 67.7 Å².